The molecular formula is C27H30N2O6. The first-order valence-corrected chi connectivity index (χ1v) is 11.7. The van der Waals surface area contributed by atoms with E-state index in [0.717, 1.165) is 13.1 Å². The van der Waals surface area contributed by atoms with Crippen molar-refractivity contribution in [3.63, 3.8) is 0 Å². The molecule has 1 atom stereocenters. The average Bonchev–Trinajstić information content (AvgIpc) is 3.43. The van der Waals surface area contributed by atoms with Crippen LogP contribution in [0, 0.1) is 0 Å². The highest BCUT2D eigenvalue weighted by atomic mass is 16.5. The zero-order chi connectivity index (χ0) is 25.1. The van der Waals surface area contributed by atoms with Crippen LogP contribution in [0.15, 0.2) is 64.3 Å². The molecule has 2 aromatic carbocycles. The van der Waals surface area contributed by atoms with Crippen LogP contribution in [0.4, 0.5) is 0 Å². The zero-order valence-corrected chi connectivity index (χ0v) is 20.4. The summed E-state index contributed by atoms with van der Waals surface area (Å²) in [6.45, 7) is 6.91. The lowest BCUT2D eigenvalue weighted by Gasteiger charge is -2.29. The van der Waals surface area contributed by atoms with Crippen molar-refractivity contribution in [3.05, 3.63) is 71.2 Å². The number of amides is 1. The molecule has 35 heavy (non-hydrogen) atoms. The number of likely N-dealkylation sites (N-methyl/N-ethyl adjacent to an activating group) is 1. The lowest BCUT2D eigenvalue weighted by molar-refractivity contribution is -0.895. The quantitative estimate of drug-likeness (QED) is 0.446. The van der Waals surface area contributed by atoms with Crippen LogP contribution in [0.1, 0.15) is 36.0 Å². The number of ether oxygens (including phenoxy) is 2. The largest absolute Gasteiger partial charge is 0.868 e. The summed E-state index contributed by atoms with van der Waals surface area (Å²) in [5.41, 5.74) is 0.861. The van der Waals surface area contributed by atoms with E-state index in [9.17, 15) is 14.7 Å². The van der Waals surface area contributed by atoms with E-state index in [1.54, 1.807) is 48.5 Å². The highest BCUT2D eigenvalue weighted by molar-refractivity contribution is 6.16. The van der Waals surface area contributed by atoms with E-state index in [1.807, 2.05) is 0 Å². The predicted molar refractivity (Wildman–Crippen MR) is 128 cm³/mol. The maximum atomic E-state index is 13.7. The summed E-state index contributed by atoms with van der Waals surface area (Å²) in [5.74, 6) is -1.16. The second-order valence-corrected chi connectivity index (χ2v) is 8.41. The van der Waals surface area contributed by atoms with Crippen LogP contribution in [-0.2, 0) is 4.79 Å². The van der Waals surface area contributed by atoms with Crippen molar-refractivity contribution in [2.24, 2.45) is 0 Å². The minimum atomic E-state index is -0.872. The smallest absolute Gasteiger partial charge is 0.240 e. The normalized spacial score (nSPS) is 16.0. The standard InChI is InChI=1S/C27H30N2O6/c1-5-28(6-2)14-15-29-23(18-11-7-8-12-19(18)33-3)22(25(31)27(29)32)24(30)21-16-17-10-9-13-20(34-4)26(17)35-21/h7-13,16,23,31H,5-6,14-15H2,1-4H3. The number of carbonyl (C=O) groups is 2. The molecule has 0 bridgehead atoms. The molecule has 0 aliphatic carbocycles. The molecule has 3 aromatic rings. The van der Waals surface area contributed by atoms with Crippen molar-refractivity contribution in [1.29, 1.82) is 0 Å². The molecule has 1 unspecified atom stereocenters. The van der Waals surface area contributed by atoms with E-state index in [0.29, 0.717) is 41.1 Å². The number of nitrogens with zero attached hydrogens (tertiary/aromatic N) is 1. The maximum Gasteiger partial charge on any atom is 0.240 e. The van der Waals surface area contributed by atoms with Gasteiger partial charge in [-0.2, -0.15) is 0 Å². The first kappa shape index (κ1) is 24.3. The van der Waals surface area contributed by atoms with Gasteiger partial charge in [0.15, 0.2) is 17.1 Å². The molecule has 0 radical (unpaired) electrons. The molecule has 0 spiro atoms. The zero-order valence-electron chi connectivity index (χ0n) is 20.4. The van der Waals surface area contributed by atoms with Crippen LogP contribution >= 0.6 is 0 Å². The second-order valence-electron chi connectivity index (χ2n) is 8.41. The summed E-state index contributed by atoms with van der Waals surface area (Å²) in [6.07, 6.45) is 0. The van der Waals surface area contributed by atoms with Crippen molar-refractivity contribution in [3.8, 4) is 11.5 Å². The van der Waals surface area contributed by atoms with Gasteiger partial charge in [-0.1, -0.05) is 30.3 Å². The number of benzene rings is 2. The fourth-order valence-corrected chi connectivity index (χ4v) is 4.64. The van der Waals surface area contributed by atoms with Gasteiger partial charge in [0, 0.05) is 16.5 Å². The minimum absolute atomic E-state index is 0.0169. The fourth-order valence-electron chi connectivity index (χ4n) is 4.64. The Kier molecular flexibility index (Phi) is 7.12. The van der Waals surface area contributed by atoms with E-state index >= 15 is 0 Å². The van der Waals surface area contributed by atoms with E-state index in [2.05, 4.69) is 13.8 Å². The highest BCUT2D eigenvalue weighted by Gasteiger charge is 2.42. The minimum Gasteiger partial charge on any atom is -0.868 e. The Morgan fingerprint density at radius 1 is 1.06 bits per heavy atom. The SMILES string of the molecule is CC[NH+](CC)CCN1C(=O)C([O-])=C(C(=O)c2cc3cccc(OC)c3o2)C1c1ccccc1OC. The first-order valence-electron chi connectivity index (χ1n) is 11.7. The number of Topliss-reactive ketones (excluding diaryl/α,β-unsaturated/α-hetero) is 1. The molecule has 1 amide bonds. The summed E-state index contributed by atoms with van der Waals surface area (Å²) >= 11 is 0. The monoisotopic (exact) mass is 478 g/mol. The molecular weight excluding hydrogens is 448 g/mol. The number of ketones is 1. The van der Waals surface area contributed by atoms with Crippen LogP contribution in [0.5, 0.6) is 11.5 Å². The van der Waals surface area contributed by atoms with Crippen molar-refractivity contribution < 1.29 is 33.5 Å². The Labute approximate surface area is 204 Å². The van der Waals surface area contributed by atoms with Gasteiger partial charge >= 0.3 is 0 Å². The van der Waals surface area contributed by atoms with Crippen LogP contribution in [0.25, 0.3) is 11.0 Å². The summed E-state index contributed by atoms with van der Waals surface area (Å²) in [4.78, 5) is 29.7. The Hall–Kier alpha value is -3.78. The lowest BCUT2D eigenvalue weighted by Crippen LogP contribution is -3.12. The third-order valence-electron chi connectivity index (χ3n) is 6.62. The molecule has 184 valence electrons. The molecule has 0 saturated carbocycles. The Morgan fingerprint density at radius 2 is 1.74 bits per heavy atom. The van der Waals surface area contributed by atoms with Crippen molar-refractivity contribution >= 4 is 22.7 Å². The lowest BCUT2D eigenvalue weighted by atomic mass is 9.94. The van der Waals surface area contributed by atoms with Crippen LogP contribution in [-0.4, -0.2) is 57.0 Å². The molecule has 0 fully saturated rings. The van der Waals surface area contributed by atoms with Crippen molar-refractivity contribution in [1.82, 2.24) is 4.90 Å². The van der Waals surface area contributed by atoms with Gasteiger partial charge < -0.3 is 28.8 Å². The van der Waals surface area contributed by atoms with Gasteiger partial charge in [-0.05, 0) is 37.8 Å². The Morgan fingerprint density at radius 3 is 2.43 bits per heavy atom. The van der Waals surface area contributed by atoms with Gasteiger partial charge in [-0.25, -0.2) is 0 Å². The van der Waals surface area contributed by atoms with E-state index < -0.39 is 23.5 Å². The molecule has 4 rings (SSSR count). The maximum absolute atomic E-state index is 13.7. The van der Waals surface area contributed by atoms with Gasteiger partial charge in [-0.15, -0.1) is 0 Å². The summed E-state index contributed by atoms with van der Waals surface area (Å²) in [5, 5.41) is 13.9. The number of rotatable bonds is 10. The van der Waals surface area contributed by atoms with E-state index in [1.165, 1.54) is 24.0 Å². The number of methoxy groups -OCH3 is 2. The first-order chi connectivity index (χ1) is 16.9. The van der Waals surface area contributed by atoms with Crippen molar-refractivity contribution in [2.75, 3.05) is 40.4 Å². The number of nitrogens with one attached hydrogen (secondary N) is 1. The molecule has 2 heterocycles. The number of para-hydroxylation sites is 2. The van der Waals surface area contributed by atoms with Gasteiger partial charge in [0.25, 0.3) is 0 Å². The summed E-state index contributed by atoms with van der Waals surface area (Å²) in [7, 11) is 3.04. The van der Waals surface area contributed by atoms with Gasteiger partial charge in [-0.3, -0.25) is 9.59 Å². The number of furan rings is 1. The van der Waals surface area contributed by atoms with E-state index in [4.69, 9.17) is 13.9 Å². The molecule has 1 aliphatic heterocycles. The molecule has 1 aliphatic rings. The number of hydrogen-bond donors (Lipinski definition) is 1. The van der Waals surface area contributed by atoms with Gasteiger partial charge in [0.1, 0.15) is 5.75 Å². The number of fused-ring (bicyclic) bond motifs is 1. The third kappa shape index (κ3) is 4.37. The molecule has 0 saturated heterocycles. The van der Waals surface area contributed by atoms with Crippen LogP contribution < -0.4 is 19.5 Å². The van der Waals surface area contributed by atoms with E-state index in [-0.39, 0.29) is 11.3 Å². The number of hydrogen-bond acceptors (Lipinski definition) is 6. The second kappa shape index (κ2) is 10.2. The van der Waals surface area contributed by atoms with Crippen LogP contribution in [0.2, 0.25) is 0 Å². The number of quaternary nitrogens is 1. The Balaban J connectivity index is 1.80. The highest BCUT2D eigenvalue weighted by Crippen LogP contribution is 2.42. The summed E-state index contributed by atoms with van der Waals surface area (Å²) in [6, 6.07) is 13.2. The average molecular weight is 479 g/mol. The molecule has 1 N–H and O–H groups in total. The van der Waals surface area contributed by atoms with Crippen LogP contribution in [0.3, 0.4) is 0 Å². The van der Waals surface area contributed by atoms with Gasteiger partial charge in [0.2, 0.25) is 11.7 Å². The molecule has 8 heteroatoms. The molecule has 8 nitrogen and oxygen atoms in total. The van der Waals surface area contributed by atoms with Gasteiger partial charge in [0.05, 0.1) is 46.4 Å². The number of carbonyl (C=O) groups excluding carboxylic acids is 2. The predicted octanol–water partition coefficient (Wildman–Crippen LogP) is 1.76. The summed E-state index contributed by atoms with van der Waals surface area (Å²) < 4.78 is 16.7. The Bertz CT molecular complexity index is 1270. The topological polar surface area (TPSA) is 96.5 Å². The fraction of sp³-hybridized carbons (Fsp3) is 0.333. The molecule has 1 aromatic heterocycles. The third-order valence-corrected chi connectivity index (χ3v) is 6.62. The van der Waals surface area contributed by atoms with Crippen molar-refractivity contribution in [2.45, 2.75) is 19.9 Å².